The van der Waals surface area contributed by atoms with Crippen LogP contribution in [0.2, 0.25) is 0 Å². The first-order valence-electron chi connectivity index (χ1n) is 9.14. The van der Waals surface area contributed by atoms with Crippen molar-refractivity contribution in [2.45, 2.75) is 56.5 Å². The number of nitrogens with one attached hydrogen (secondary N) is 1. The Kier molecular flexibility index (Phi) is 10.5. The maximum atomic E-state index is 13.4. The van der Waals surface area contributed by atoms with Crippen molar-refractivity contribution >= 4 is 16.0 Å². The van der Waals surface area contributed by atoms with Gasteiger partial charge in [-0.2, -0.15) is 26.3 Å². The molecule has 0 aromatic carbocycles. The van der Waals surface area contributed by atoms with Crippen molar-refractivity contribution in [1.29, 1.82) is 0 Å². The van der Waals surface area contributed by atoms with Crippen molar-refractivity contribution in [2.24, 2.45) is 0 Å². The number of carboxylic acid groups (broad SMARTS) is 1. The minimum absolute atomic E-state index is 0.0150. The molecule has 0 unspecified atom stereocenters. The lowest BCUT2D eigenvalue weighted by atomic mass is 9.96. The van der Waals surface area contributed by atoms with Crippen molar-refractivity contribution < 1.29 is 53.5 Å². The molecule has 0 aliphatic carbocycles. The van der Waals surface area contributed by atoms with Crippen LogP contribution in [0.3, 0.4) is 0 Å². The zero-order valence-corrected chi connectivity index (χ0v) is 17.5. The highest BCUT2D eigenvalue weighted by molar-refractivity contribution is 7.89. The number of hydrogen-bond acceptors (Lipinski definition) is 4. The lowest BCUT2D eigenvalue weighted by Gasteiger charge is -2.30. The molecule has 0 spiro atoms. The highest BCUT2D eigenvalue weighted by Crippen LogP contribution is 2.49. The summed E-state index contributed by atoms with van der Waals surface area (Å²) < 4.78 is 114. The fraction of sp³-hybridized carbons (Fsp3) is 0.938. The van der Waals surface area contributed by atoms with E-state index in [0.717, 1.165) is 0 Å². The predicted octanol–water partition coefficient (Wildman–Crippen LogP) is 1.91. The molecule has 0 aromatic heterocycles. The molecule has 1 N–H and O–H groups in total. The molecule has 0 radical (unpaired) electrons. The Morgan fingerprint density at radius 1 is 0.900 bits per heavy atom. The van der Waals surface area contributed by atoms with Crippen LogP contribution in [0.4, 0.5) is 30.7 Å². The molecule has 0 aromatic rings. The Bertz CT molecular complexity index is 635. The first kappa shape index (κ1) is 28.9. The number of hydrogen-bond donors (Lipinski definition) is 1. The third kappa shape index (κ3) is 10.2. The normalized spacial score (nSPS) is 14.2. The van der Waals surface area contributed by atoms with E-state index in [2.05, 4.69) is 4.72 Å². The molecule has 14 heteroatoms. The van der Waals surface area contributed by atoms with Gasteiger partial charge in [-0.05, 0) is 19.3 Å². The van der Waals surface area contributed by atoms with Crippen molar-refractivity contribution in [3.05, 3.63) is 0 Å². The summed E-state index contributed by atoms with van der Waals surface area (Å²) in [5.41, 5.74) is -5.28. The number of rotatable bonds is 14. The molecular weight excluding hydrogens is 449 g/mol. The molecule has 6 nitrogen and oxygen atoms in total. The fourth-order valence-corrected chi connectivity index (χ4v) is 3.88. The number of carbonyl (C=O) groups excluding carboxylic acids is 1. The monoisotopic (exact) mass is 476 g/mol. The molecule has 0 saturated heterocycles. The van der Waals surface area contributed by atoms with Gasteiger partial charge in [-0.1, -0.05) is 12.8 Å². The van der Waals surface area contributed by atoms with E-state index in [0.29, 0.717) is 13.0 Å². The van der Waals surface area contributed by atoms with Crippen LogP contribution in [-0.2, 0) is 14.8 Å². The summed E-state index contributed by atoms with van der Waals surface area (Å²) in [6.07, 6.45) is -14.5. The summed E-state index contributed by atoms with van der Waals surface area (Å²) in [7, 11) is -0.438. The van der Waals surface area contributed by atoms with Crippen LogP contribution >= 0.6 is 0 Å². The standard InChI is InChI=1S/C16H27F7N2O4S/c1-25(2,12-13(26)27)10-7-9-24-30(28,29)11-6-4-3-5-8-14(17,15(18,19)20)16(21,22)23/h24H,3-12H2,1-2H3. The maximum absolute atomic E-state index is 13.4. The average molecular weight is 476 g/mol. The number of quaternary nitrogens is 1. The molecule has 180 valence electrons. The molecular formula is C16H27F7N2O4S. The van der Waals surface area contributed by atoms with E-state index >= 15 is 0 Å². The molecule has 0 rings (SSSR count). The van der Waals surface area contributed by atoms with Gasteiger partial charge in [0.2, 0.25) is 10.0 Å². The van der Waals surface area contributed by atoms with Crippen LogP contribution in [0.15, 0.2) is 0 Å². The van der Waals surface area contributed by atoms with Gasteiger partial charge in [0.1, 0.15) is 6.54 Å². The summed E-state index contributed by atoms with van der Waals surface area (Å²) in [6, 6.07) is 0. The van der Waals surface area contributed by atoms with Crippen molar-refractivity contribution in [3.8, 4) is 0 Å². The van der Waals surface area contributed by atoms with Gasteiger partial charge >= 0.3 is 12.4 Å². The molecule has 0 amide bonds. The maximum Gasteiger partial charge on any atom is 0.431 e. The first-order valence-corrected chi connectivity index (χ1v) is 10.8. The number of aliphatic carboxylic acids is 1. The highest BCUT2D eigenvalue weighted by atomic mass is 32.2. The second kappa shape index (κ2) is 10.9. The van der Waals surface area contributed by atoms with Gasteiger partial charge in [-0.3, -0.25) is 0 Å². The summed E-state index contributed by atoms with van der Waals surface area (Å²) in [5, 5.41) is 10.6. The van der Waals surface area contributed by atoms with E-state index in [1.165, 1.54) is 0 Å². The largest absolute Gasteiger partial charge is 0.544 e. The Morgan fingerprint density at radius 3 is 1.87 bits per heavy atom. The number of halogens is 7. The van der Waals surface area contributed by atoms with Gasteiger partial charge < -0.3 is 14.4 Å². The zero-order chi connectivity index (χ0) is 23.9. The highest BCUT2D eigenvalue weighted by Gasteiger charge is 2.71. The Hall–Kier alpha value is -1.15. The third-order valence-electron chi connectivity index (χ3n) is 4.40. The van der Waals surface area contributed by atoms with E-state index in [-0.39, 0.29) is 42.6 Å². The summed E-state index contributed by atoms with van der Waals surface area (Å²) in [5.74, 6) is -1.63. The van der Waals surface area contributed by atoms with Crippen LogP contribution in [0.25, 0.3) is 0 Å². The zero-order valence-electron chi connectivity index (χ0n) is 16.7. The SMILES string of the molecule is C[N+](C)(CCCNS(=O)(=O)CCCCCCC(F)(C(F)(F)F)C(F)(F)F)CC(=O)[O-]. The minimum atomic E-state index is -6.08. The lowest BCUT2D eigenvalue weighted by Crippen LogP contribution is -2.53. The van der Waals surface area contributed by atoms with Gasteiger partial charge in [-0.25, -0.2) is 17.5 Å². The second-order valence-corrected chi connectivity index (χ2v) is 9.64. The van der Waals surface area contributed by atoms with E-state index in [4.69, 9.17) is 0 Å². The molecule has 0 fully saturated rings. The lowest BCUT2D eigenvalue weighted by molar-refractivity contribution is -0.884. The number of sulfonamides is 1. The van der Waals surface area contributed by atoms with Crippen molar-refractivity contribution in [3.63, 3.8) is 0 Å². The third-order valence-corrected chi connectivity index (χ3v) is 5.87. The molecule has 0 aliphatic heterocycles. The smallest absolute Gasteiger partial charge is 0.431 e. The Morgan fingerprint density at radius 2 is 1.40 bits per heavy atom. The Labute approximate surface area is 171 Å². The summed E-state index contributed by atoms with van der Waals surface area (Å²) in [6.45, 7) is 0.161. The molecule has 0 heterocycles. The number of carbonyl (C=O) groups is 1. The predicted molar refractivity (Wildman–Crippen MR) is 92.3 cm³/mol. The number of unbranched alkanes of at least 4 members (excludes halogenated alkanes) is 3. The molecule has 0 aliphatic rings. The number of nitrogens with zero attached hydrogens (tertiary/aromatic N) is 1. The molecule has 0 atom stereocenters. The van der Waals surface area contributed by atoms with Crippen LogP contribution in [0.5, 0.6) is 0 Å². The average Bonchev–Trinajstić information content (AvgIpc) is 2.51. The minimum Gasteiger partial charge on any atom is -0.544 e. The van der Waals surface area contributed by atoms with Gasteiger partial charge in [0, 0.05) is 13.0 Å². The Balaban J connectivity index is 4.22. The van der Waals surface area contributed by atoms with Crippen LogP contribution in [-0.4, -0.2) is 76.4 Å². The van der Waals surface area contributed by atoms with E-state index in [1.54, 1.807) is 14.1 Å². The molecule has 0 saturated carbocycles. The van der Waals surface area contributed by atoms with Gasteiger partial charge in [0.05, 0.1) is 32.4 Å². The number of likely N-dealkylation sites (N-methyl/N-ethyl adjacent to an activating group) is 1. The quantitative estimate of drug-likeness (QED) is 0.236. The summed E-state index contributed by atoms with van der Waals surface area (Å²) in [4.78, 5) is 10.6. The molecule has 30 heavy (non-hydrogen) atoms. The van der Waals surface area contributed by atoms with Crippen LogP contribution < -0.4 is 9.83 Å². The number of alkyl halides is 7. The first-order chi connectivity index (χ1) is 13.3. The van der Waals surface area contributed by atoms with Crippen LogP contribution in [0.1, 0.15) is 38.5 Å². The number of carboxylic acids is 1. The van der Waals surface area contributed by atoms with Gasteiger partial charge in [0.25, 0.3) is 5.67 Å². The van der Waals surface area contributed by atoms with E-state index < -0.39 is 46.9 Å². The van der Waals surface area contributed by atoms with E-state index in [9.17, 15) is 49.1 Å². The van der Waals surface area contributed by atoms with Crippen LogP contribution in [0, 0.1) is 0 Å². The second-order valence-electron chi connectivity index (χ2n) is 7.72. The van der Waals surface area contributed by atoms with E-state index in [1.807, 2.05) is 0 Å². The molecule has 0 bridgehead atoms. The van der Waals surface area contributed by atoms with Crippen molar-refractivity contribution in [1.82, 2.24) is 4.72 Å². The fourth-order valence-electron chi connectivity index (χ4n) is 2.69. The van der Waals surface area contributed by atoms with Crippen molar-refractivity contribution in [2.75, 3.05) is 39.5 Å². The summed E-state index contributed by atoms with van der Waals surface area (Å²) >= 11 is 0. The van der Waals surface area contributed by atoms with Gasteiger partial charge in [0.15, 0.2) is 0 Å². The van der Waals surface area contributed by atoms with Gasteiger partial charge in [-0.15, -0.1) is 0 Å². The topological polar surface area (TPSA) is 86.3 Å².